The van der Waals surface area contributed by atoms with Crippen LogP contribution < -0.4 is 0 Å². The second kappa shape index (κ2) is 44.7. The van der Waals surface area contributed by atoms with Gasteiger partial charge in [0, 0.05) is 13.0 Å². The summed E-state index contributed by atoms with van der Waals surface area (Å²) in [5.41, 5.74) is 0. The molecule has 73 heavy (non-hydrogen) atoms. The molecule has 0 bridgehead atoms. The van der Waals surface area contributed by atoms with E-state index >= 15 is 0 Å². The molecule has 14 heteroatoms. The minimum atomic E-state index is -1.73. The molecule has 11 unspecified atom stereocenters. The van der Waals surface area contributed by atoms with Crippen molar-refractivity contribution in [1.82, 2.24) is 0 Å². The van der Waals surface area contributed by atoms with E-state index in [2.05, 4.69) is 129 Å². The number of aliphatic hydroxyl groups excluding tert-OH is 7. The van der Waals surface area contributed by atoms with Crippen LogP contribution in [0.4, 0.5) is 0 Å². The second-order valence-electron chi connectivity index (χ2n) is 18.3. The smallest absolute Gasteiger partial charge is 0.306 e. The van der Waals surface area contributed by atoms with Gasteiger partial charge in [0.1, 0.15) is 54.9 Å². The lowest BCUT2D eigenvalue weighted by Crippen LogP contribution is -2.61. The molecule has 0 spiro atoms. The van der Waals surface area contributed by atoms with Crippen LogP contribution in [0.25, 0.3) is 0 Å². The minimum absolute atomic E-state index is 0.0200. The van der Waals surface area contributed by atoms with Crippen LogP contribution >= 0.6 is 0 Å². The Kier molecular flexibility index (Phi) is 40.1. The molecular weight excluding hydrogens is 933 g/mol. The Balaban J connectivity index is 1.79. The first-order chi connectivity index (χ1) is 35.6. The van der Waals surface area contributed by atoms with E-state index < -0.39 is 86.7 Å². The van der Waals surface area contributed by atoms with Gasteiger partial charge in [0.15, 0.2) is 12.6 Å². The summed E-state index contributed by atoms with van der Waals surface area (Å²) in [4.78, 5) is 13.0. The molecule has 11 atom stereocenters. The molecule has 0 aromatic carbocycles. The van der Waals surface area contributed by atoms with Crippen molar-refractivity contribution in [2.24, 2.45) is 0 Å². The Morgan fingerprint density at radius 2 is 0.849 bits per heavy atom. The highest BCUT2D eigenvalue weighted by atomic mass is 16.7. The standard InChI is InChI=1S/C59H94O14/c1-3-5-7-9-11-13-15-17-19-21-22-23-24-25-26-27-28-30-32-34-36-38-40-42-51(61)71-48(45-68-43-41-39-37-35-33-31-29-20-18-16-14-12-10-8-6-4-2)46-69-58-57(67)55(65)53(63)50(73-58)47-70-59-56(66)54(64)52(62)49(44-60)72-59/h5-8,11-14,17-20,22-23,25-26,28,30,34,36,48-50,52-60,62-67H,3-4,9-10,15-16,21,24,27,29,31-33,35,37-47H2,1-2H3/b7-5-,8-6-,13-11-,14-12-,19-17-,20-18-,23-22-,26-25-,30-28-,36-34-. The van der Waals surface area contributed by atoms with Crippen molar-refractivity contribution in [2.45, 2.75) is 210 Å². The van der Waals surface area contributed by atoms with Gasteiger partial charge < -0.3 is 64.2 Å². The van der Waals surface area contributed by atoms with Gasteiger partial charge in [-0.05, 0) is 96.3 Å². The summed E-state index contributed by atoms with van der Waals surface area (Å²) >= 11 is 0. The van der Waals surface area contributed by atoms with Gasteiger partial charge in [-0.15, -0.1) is 0 Å². The Hall–Kier alpha value is -3.61. The average molecular weight is 1030 g/mol. The van der Waals surface area contributed by atoms with E-state index in [1.165, 1.54) is 6.42 Å². The number of carbonyl (C=O) groups excluding carboxylic acids is 1. The van der Waals surface area contributed by atoms with Crippen molar-refractivity contribution < 1.29 is 69.0 Å². The van der Waals surface area contributed by atoms with Crippen LogP contribution in [0.2, 0.25) is 0 Å². The fourth-order valence-electron chi connectivity index (χ4n) is 7.64. The number of allylic oxidation sites excluding steroid dienone is 20. The predicted octanol–water partition coefficient (Wildman–Crippen LogP) is 8.96. The van der Waals surface area contributed by atoms with Crippen LogP contribution in [-0.4, -0.2) is 142 Å². The van der Waals surface area contributed by atoms with E-state index in [1.54, 1.807) is 0 Å². The van der Waals surface area contributed by atoms with Crippen molar-refractivity contribution in [3.63, 3.8) is 0 Å². The largest absolute Gasteiger partial charge is 0.457 e. The first kappa shape index (κ1) is 65.5. The average Bonchev–Trinajstić information content (AvgIpc) is 3.39. The number of hydrogen-bond acceptors (Lipinski definition) is 14. The van der Waals surface area contributed by atoms with Gasteiger partial charge >= 0.3 is 5.97 Å². The monoisotopic (exact) mass is 1030 g/mol. The van der Waals surface area contributed by atoms with Crippen molar-refractivity contribution in [2.75, 3.05) is 33.0 Å². The van der Waals surface area contributed by atoms with Gasteiger partial charge in [0.2, 0.25) is 0 Å². The topological polar surface area (TPSA) is 214 Å². The van der Waals surface area contributed by atoms with Gasteiger partial charge in [-0.3, -0.25) is 4.79 Å². The van der Waals surface area contributed by atoms with Crippen LogP contribution in [0, 0.1) is 0 Å². The van der Waals surface area contributed by atoms with E-state index in [4.69, 9.17) is 28.4 Å². The Bertz CT molecular complexity index is 1660. The van der Waals surface area contributed by atoms with Gasteiger partial charge in [-0.25, -0.2) is 0 Å². The lowest BCUT2D eigenvalue weighted by molar-refractivity contribution is -0.332. The molecule has 14 nitrogen and oxygen atoms in total. The van der Waals surface area contributed by atoms with E-state index in [9.17, 15) is 40.5 Å². The van der Waals surface area contributed by atoms with Gasteiger partial charge in [0.25, 0.3) is 0 Å². The summed E-state index contributed by atoms with van der Waals surface area (Å²) in [6.07, 6.45) is 45.5. The first-order valence-corrected chi connectivity index (χ1v) is 27.1. The summed E-state index contributed by atoms with van der Waals surface area (Å²) in [6, 6.07) is 0. The number of unbranched alkanes of at least 4 members (excludes halogenated alkanes) is 7. The minimum Gasteiger partial charge on any atom is -0.457 e. The molecule has 0 aliphatic carbocycles. The van der Waals surface area contributed by atoms with Gasteiger partial charge in [-0.2, -0.15) is 0 Å². The fourth-order valence-corrected chi connectivity index (χ4v) is 7.64. The molecule has 0 aromatic heterocycles. The highest BCUT2D eigenvalue weighted by Gasteiger charge is 2.47. The number of esters is 1. The quantitative estimate of drug-likeness (QED) is 0.0173. The van der Waals surface area contributed by atoms with Crippen LogP contribution in [0.3, 0.4) is 0 Å². The molecule has 7 N–H and O–H groups in total. The molecule has 2 aliphatic rings. The maximum absolute atomic E-state index is 13.0. The molecule has 2 rings (SSSR count). The third-order valence-corrected chi connectivity index (χ3v) is 12.0. The molecule has 0 radical (unpaired) electrons. The molecule has 2 fully saturated rings. The van der Waals surface area contributed by atoms with Crippen molar-refractivity contribution in [1.29, 1.82) is 0 Å². The molecule has 2 heterocycles. The van der Waals surface area contributed by atoms with Gasteiger partial charge in [-0.1, -0.05) is 161 Å². The zero-order valence-electron chi connectivity index (χ0n) is 44.1. The number of carbonyl (C=O) groups is 1. The molecule has 2 saturated heterocycles. The molecule has 0 saturated carbocycles. The van der Waals surface area contributed by atoms with Crippen molar-refractivity contribution >= 4 is 5.97 Å². The molecule has 0 amide bonds. The van der Waals surface area contributed by atoms with Crippen molar-refractivity contribution in [3.8, 4) is 0 Å². The molecular formula is C59H94O14. The SMILES string of the molecule is CC/C=C\C/C=C\C/C=C\C/C=C\C/C=C\C/C=C\C/C=C\CCCC(=O)OC(COCCCCCCCC/C=C\C/C=C\C/C=C\CC)COC1OC(COC2OC(CO)C(O)C(O)C2O)C(O)C(O)C1O. The lowest BCUT2D eigenvalue weighted by atomic mass is 9.98. The van der Waals surface area contributed by atoms with E-state index in [1.807, 2.05) is 6.08 Å². The summed E-state index contributed by atoms with van der Waals surface area (Å²) in [5.74, 6) is -0.444. The number of hydrogen-bond donors (Lipinski definition) is 7. The molecule has 414 valence electrons. The second-order valence-corrected chi connectivity index (χ2v) is 18.3. The summed E-state index contributed by atoms with van der Waals surface area (Å²) in [6.45, 7) is 3.32. The fraction of sp³-hybridized carbons (Fsp3) is 0.644. The summed E-state index contributed by atoms with van der Waals surface area (Å²) < 4.78 is 34.2. The van der Waals surface area contributed by atoms with E-state index in [0.29, 0.717) is 19.4 Å². The first-order valence-electron chi connectivity index (χ1n) is 27.1. The lowest BCUT2D eigenvalue weighted by Gasteiger charge is -2.42. The van der Waals surface area contributed by atoms with Crippen molar-refractivity contribution in [3.05, 3.63) is 122 Å². The van der Waals surface area contributed by atoms with Crippen LogP contribution in [0.15, 0.2) is 122 Å². The maximum atomic E-state index is 13.0. The maximum Gasteiger partial charge on any atom is 0.306 e. The van der Waals surface area contributed by atoms with Crippen LogP contribution in [-0.2, 0) is 33.2 Å². The van der Waals surface area contributed by atoms with Gasteiger partial charge in [0.05, 0.1) is 26.4 Å². The zero-order chi connectivity index (χ0) is 53.0. The highest BCUT2D eigenvalue weighted by Crippen LogP contribution is 2.26. The Morgan fingerprint density at radius 1 is 0.452 bits per heavy atom. The summed E-state index contributed by atoms with van der Waals surface area (Å²) in [5, 5.41) is 72.2. The number of rotatable bonds is 41. The summed E-state index contributed by atoms with van der Waals surface area (Å²) in [7, 11) is 0. The number of aliphatic hydroxyl groups is 7. The normalized spacial score (nSPS) is 25.9. The molecule has 0 aromatic rings. The van der Waals surface area contributed by atoms with Crippen LogP contribution in [0.1, 0.15) is 142 Å². The van der Waals surface area contributed by atoms with E-state index in [0.717, 1.165) is 103 Å². The zero-order valence-corrected chi connectivity index (χ0v) is 44.1. The highest BCUT2D eigenvalue weighted by molar-refractivity contribution is 5.69. The number of ether oxygens (including phenoxy) is 6. The predicted molar refractivity (Wildman–Crippen MR) is 288 cm³/mol. The third kappa shape index (κ3) is 31.8. The Labute approximate surface area is 437 Å². The van der Waals surface area contributed by atoms with E-state index in [-0.39, 0.29) is 19.6 Å². The Morgan fingerprint density at radius 3 is 1.33 bits per heavy atom. The third-order valence-electron chi connectivity index (χ3n) is 12.0. The van der Waals surface area contributed by atoms with Crippen LogP contribution in [0.5, 0.6) is 0 Å². The molecule has 2 aliphatic heterocycles.